The third kappa shape index (κ3) is 2.73. The van der Waals surface area contributed by atoms with Crippen molar-refractivity contribution in [3.8, 4) is 0 Å². The standard InChI is InChI=1S/C10H13BrN2O/c1-2-14-10(13-12)9(11)8-6-4-3-5-7-8/h3-7,9H,2,12H2,1H3. The zero-order valence-corrected chi connectivity index (χ0v) is 9.57. The van der Waals surface area contributed by atoms with Gasteiger partial charge in [0.05, 0.1) is 6.61 Å². The number of hydrogen-bond acceptors (Lipinski definition) is 3. The maximum absolute atomic E-state index is 5.29. The van der Waals surface area contributed by atoms with Crippen LogP contribution in [-0.2, 0) is 4.74 Å². The van der Waals surface area contributed by atoms with Crippen molar-refractivity contribution in [2.45, 2.75) is 11.8 Å². The smallest absolute Gasteiger partial charge is 0.223 e. The van der Waals surface area contributed by atoms with Gasteiger partial charge in [-0.1, -0.05) is 46.3 Å². The van der Waals surface area contributed by atoms with Gasteiger partial charge in [0.1, 0.15) is 4.83 Å². The summed E-state index contributed by atoms with van der Waals surface area (Å²) in [6, 6.07) is 9.86. The molecule has 0 aromatic heterocycles. The predicted octanol–water partition coefficient (Wildman–Crippen LogP) is 2.43. The van der Waals surface area contributed by atoms with E-state index in [0.29, 0.717) is 12.5 Å². The molecule has 0 aliphatic rings. The summed E-state index contributed by atoms with van der Waals surface area (Å²) in [7, 11) is 0. The molecule has 1 atom stereocenters. The Balaban J connectivity index is 2.78. The first-order valence-corrected chi connectivity index (χ1v) is 5.30. The molecule has 0 fully saturated rings. The number of hydrogen-bond donors (Lipinski definition) is 1. The van der Waals surface area contributed by atoms with Gasteiger partial charge in [-0.05, 0) is 12.5 Å². The summed E-state index contributed by atoms with van der Waals surface area (Å²) < 4.78 is 5.29. The number of hydrazone groups is 1. The molecule has 76 valence electrons. The first-order chi connectivity index (χ1) is 6.79. The molecule has 1 rings (SSSR count). The van der Waals surface area contributed by atoms with Crippen LogP contribution in [0, 0.1) is 0 Å². The van der Waals surface area contributed by atoms with Gasteiger partial charge in [0.2, 0.25) is 5.90 Å². The van der Waals surface area contributed by atoms with Crippen LogP contribution in [0.1, 0.15) is 17.3 Å². The minimum atomic E-state index is -0.0753. The Kier molecular flexibility index (Phi) is 4.46. The van der Waals surface area contributed by atoms with Gasteiger partial charge in [-0.2, -0.15) is 0 Å². The fourth-order valence-corrected chi connectivity index (χ4v) is 1.64. The molecule has 1 aromatic carbocycles. The van der Waals surface area contributed by atoms with Gasteiger partial charge in [0.25, 0.3) is 0 Å². The fraction of sp³-hybridized carbons (Fsp3) is 0.300. The van der Waals surface area contributed by atoms with Crippen LogP contribution in [0.4, 0.5) is 0 Å². The molecular formula is C10H13BrN2O. The van der Waals surface area contributed by atoms with E-state index >= 15 is 0 Å². The van der Waals surface area contributed by atoms with E-state index in [-0.39, 0.29) is 4.83 Å². The second-order valence-corrected chi connectivity index (χ2v) is 3.59. The van der Waals surface area contributed by atoms with Crippen molar-refractivity contribution in [2.75, 3.05) is 6.61 Å². The number of benzene rings is 1. The largest absolute Gasteiger partial charge is 0.479 e. The molecule has 14 heavy (non-hydrogen) atoms. The first kappa shape index (κ1) is 11.0. The predicted molar refractivity (Wildman–Crippen MR) is 61.4 cm³/mol. The van der Waals surface area contributed by atoms with E-state index < -0.39 is 0 Å². The Hall–Kier alpha value is -1.03. The molecule has 0 spiro atoms. The van der Waals surface area contributed by atoms with E-state index in [1.165, 1.54) is 0 Å². The lowest BCUT2D eigenvalue weighted by atomic mass is 10.1. The Bertz CT molecular complexity index is 300. The topological polar surface area (TPSA) is 47.6 Å². The fourth-order valence-electron chi connectivity index (χ4n) is 1.09. The molecule has 0 aliphatic carbocycles. The maximum atomic E-state index is 5.29. The van der Waals surface area contributed by atoms with Crippen molar-refractivity contribution < 1.29 is 4.74 Å². The van der Waals surface area contributed by atoms with Gasteiger partial charge >= 0.3 is 0 Å². The molecule has 0 bridgehead atoms. The maximum Gasteiger partial charge on any atom is 0.223 e. The van der Waals surface area contributed by atoms with Crippen molar-refractivity contribution >= 4 is 21.8 Å². The minimum Gasteiger partial charge on any atom is -0.479 e. The molecule has 1 unspecified atom stereocenters. The summed E-state index contributed by atoms with van der Waals surface area (Å²) in [5.74, 6) is 5.73. The van der Waals surface area contributed by atoms with Crippen molar-refractivity contribution in [1.82, 2.24) is 0 Å². The number of nitrogens with zero attached hydrogens (tertiary/aromatic N) is 1. The molecule has 3 nitrogen and oxygen atoms in total. The molecule has 0 amide bonds. The van der Waals surface area contributed by atoms with Crippen LogP contribution in [0.15, 0.2) is 35.4 Å². The lowest BCUT2D eigenvalue weighted by Gasteiger charge is -2.12. The van der Waals surface area contributed by atoms with Crippen LogP contribution in [0.5, 0.6) is 0 Å². The van der Waals surface area contributed by atoms with Gasteiger partial charge in [0, 0.05) is 0 Å². The third-order valence-electron chi connectivity index (χ3n) is 1.73. The van der Waals surface area contributed by atoms with Crippen LogP contribution in [-0.4, -0.2) is 12.5 Å². The minimum absolute atomic E-state index is 0.0753. The molecule has 2 N–H and O–H groups in total. The summed E-state index contributed by atoms with van der Waals surface area (Å²) in [5.41, 5.74) is 1.07. The Morgan fingerprint density at radius 1 is 1.50 bits per heavy atom. The number of alkyl halides is 1. The molecule has 0 aliphatic heterocycles. The van der Waals surface area contributed by atoms with Crippen LogP contribution in [0.3, 0.4) is 0 Å². The molecule has 1 aromatic rings. The summed E-state index contributed by atoms with van der Waals surface area (Å²) >= 11 is 3.48. The molecule has 0 saturated carbocycles. The van der Waals surface area contributed by atoms with E-state index in [1.807, 2.05) is 37.3 Å². The molecule has 4 heteroatoms. The monoisotopic (exact) mass is 256 g/mol. The molecule has 0 heterocycles. The lowest BCUT2D eigenvalue weighted by Crippen LogP contribution is -2.13. The highest BCUT2D eigenvalue weighted by Crippen LogP contribution is 2.24. The third-order valence-corrected chi connectivity index (χ3v) is 2.65. The van der Waals surface area contributed by atoms with E-state index in [4.69, 9.17) is 10.6 Å². The summed E-state index contributed by atoms with van der Waals surface area (Å²) in [4.78, 5) is -0.0753. The van der Waals surface area contributed by atoms with E-state index in [0.717, 1.165) is 5.56 Å². The van der Waals surface area contributed by atoms with Crippen molar-refractivity contribution in [3.63, 3.8) is 0 Å². The molecular weight excluding hydrogens is 244 g/mol. The number of ether oxygens (including phenoxy) is 1. The Labute approximate surface area is 92.1 Å². The van der Waals surface area contributed by atoms with E-state index in [1.54, 1.807) is 0 Å². The van der Waals surface area contributed by atoms with Crippen LogP contribution < -0.4 is 5.84 Å². The second kappa shape index (κ2) is 5.65. The number of rotatable bonds is 3. The first-order valence-electron chi connectivity index (χ1n) is 4.39. The SMILES string of the molecule is CCOC(=NN)C(Br)c1ccccc1. The van der Waals surface area contributed by atoms with Gasteiger partial charge < -0.3 is 10.6 Å². The average molecular weight is 257 g/mol. The summed E-state index contributed by atoms with van der Waals surface area (Å²) in [5, 5.41) is 3.60. The molecule has 0 saturated heterocycles. The van der Waals surface area contributed by atoms with Gasteiger partial charge in [-0.25, -0.2) is 0 Å². The van der Waals surface area contributed by atoms with Crippen LogP contribution >= 0.6 is 15.9 Å². The van der Waals surface area contributed by atoms with Crippen LogP contribution in [0.25, 0.3) is 0 Å². The molecule has 0 radical (unpaired) electrons. The highest BCUT2D eigenvalue weighted by molar-refractivity contribution is 9.09. The normalized spacial score (nSPS) is 13.7. The van der Waals surface area contributed by atoms with Crippen molar-refractivity contribution in [3.05, 3.63) is 35.9 Å². The van der Waals surface area contributed by atoms with Crippen molar-refractivity contribution in [2.24, 2.45) is 10.9 Å². The Morgan fingerprint density at radius 2 is 2.14 bits per heavy atom. The van der Waals surface area contributed by atoms with E-state index in [2.05, 4.69) is 21.0 Å². The quantitative estimate of drug-likeness (QED) is 0.297. The average Bonchev–Trinajstić information content (AvgIpc) is 2.26. The van der Waals surface area contributed by atoms with E-state index in [9.17, 15) is 0 Å². The highest BCUT2D eigenvalue weighted by atomic mass is 79.9. The zero-order chi connectivity index (χ0) is 10.4. The number of halogens is 1. The highest BCUT2D eigenvalue weighted by Gasteiger charge is 2.15. The van der Waals surface area contributed by atoms with Gasteiger partial charge in [-0.15, -0.1) is 5.10 Å². The summed E-state index contributed by atoms with van der Waals surface area (Å²) in [6.07, 6.45) is 0. The van der Waals surface area contributed by atoms with Gasteiger partial charge in [-0.3, -0.25) is 0 Å². The zero-order valence-electron chi connectivity index (χ0n) is 7.98. The second-order valence-electron chi connectivity index (χ2n) is 2.67. The van der Waals surface area contributed by atoms with Crippen LogP contribution in [0.2, 0.25) is 0 Å². The lowest BCUT2D eigenvalue weighted by molar-refractivity contribution is 0.318. The van der Waals surface area contributed by atoms with Crippen molar-refractivity contribution in [1.29, 1.82) is 0 Å². The van der Waals surface area contributed by atoms with Gasteiger partial charge in [0.15, 0.2) is 0 Å². The number of nitrogens with two attached hydrogens (primary N) is 1. The Morgan fingerprint density at radius 3 is 2.64 bits per heavy atom. The summed E-state index contributed by atoms with van der Waals surface area (Å²) in [6.45, 7) is 2.46.